The zero-order chi connectivity index (χ0) is 14.8. The van der Waals surface area contributed by atoms with Gasteiger partial charge in [-0.1, -0.05) is 22.9 Å². The summed E-state index contributed by atoms with van der Waals surface area (Å²) in [5, 5.41) is 3.47. The molecule has 2 atom stereocenters. The molecule has 3 nitrogen and oxygen atoms in total. The Kier molecular flexibility index (Phi) is 4.87. The fraction of sp³-hybridized carbons (Fsp3) is 0.647. The molecule has 2 heterocycles. The Morgan fingerprint density at radius 1 is 1.33 bits per heavy atom. The van der Waals surface area contributed by atoms with Crippen molar-refractivity contribution in [2.24, 2.45) is 0 Å². The molecule has 0 amide bonds. The Hall–Kier alpha value is -0.580. The molecule has 2 unspecified atom stereocenters. The van der Waals surface area contributed by atoms with Crippen molar-refractivity contribution >= 4 is 21.6 Å². The van der Waals surface area contributed by atoms with E-state index < -0.39 is 0 Å². The van der Waals surface area contributed by atoms with Crippen LogP contribution >= 0.6 is 15.9 Å². The van der Waals surface area contributed by atoms with E-state index in [-0.39, 0.29) is 0 Å². The van der Waals surface area contributed by atoms with E-state index in [0.29, 0.717) is 6.04 Å². The summed E-state index contributed by atoms with van der Waals surface area (Å²) in [5.74, 6) is 0. The second-order valence-electron chi connectivity index (χ2n) is 6.35. The summed E-state index contributed by atoms with van der Waals surface area (Å²) >= 11 is 3.62. The van der Waals surface area contributed by atoms with Gasteiger partial charge in [-0.2, -0.15) is 0 Å². The summed E-state index contributed by atoms with van der Waals surface area (Å²) in [6.07, 6.45) is 2.73. The van der Waals surface area contributed by atoms with E-state index in [1.807, 2.05) is 0 Å². The van der Waals surface area contributed by atoms with Gasteiger partial charge in [-0.25, -0.2) is 0 Å². The maximum Gasteiger partial charge on any atom is 0.0416 e. The first-order valence-corrected chi connectivity index (χ1v) is 8.98. The molecule has 116 valence electrons. The Balaban J connectivity index is 1.84. The highest BCUT2D eigenvalue weighted by Gasteiger charge is 2.34. The molecule has 2 aliphatic rings. The molecule has 1 aromatic rings. The highest BCUT2D eigenvalue weighted by Crippen LogP contribution is 2.32. The summed E-state index contributed by atoms with van der Waals surface area (Å²) < 4.78 is 1.17. The molecular formula is C17H26BrN3. The van der Waals surface area contributed by atoms with Gasteiger partial charge in [0, 0.05) is 41.9 Å². The molecule has 1 aromatic carbocycles. The van der Waals surface area contributed by atoms with Crippen molar-refractivity contribution in [1.82, 2.24) is 10.2 Å². The van der Waals surface area contributed by atoms with Gasteiger partial charge in [0.2, 0.25) is 0 Å². The van der Waals surface area contributed by atoms with Crippen LogP contribution in [-0.4, -0.2) is 43.2 Å². The van der Waals surface area contributed by atoms with Crippen molar-refractivity contribution in [3.8, 4) is 0 Å². The van der Waals surface area contributed by atoms with Crippen molar-refractivity contribution in [2.75, 3.05) is 31.1 Å². The zero-order valence-electron chi connectivity index (χ0n) is 13.1. The molecule has 0 spiro atoms. The Labute approximate surface area is 136 Å². The smallest absolute Gasteiger partial charge is 0.0416 e. The monoisotopic (exact) mass is 351 g/mol. The number of fused-ring (bicyclic) bond motifs is 1. The fourth-order valence-electron chi connectivity index (χ4n) is 3.76. The lowest BCUT2D eigenvalue weighted by atomic mass is 10.0. The number of hydrogen-bond acceptors (Lipinski definition) is 3. The predicted molar refractivity (Wildman–Crippen MR) is 92.9 cm³/mol. The molecule has 2 saturated heterocycles. The third-order valence-corrected chi connectivity index (χ3v) is 5.35. The van der Waals surface area contributed by atoms with Crippen LogP contribution in [0.15, 0.2) is 22.7 Å². The summed E-state index contributed by atoms with van der Waals surface area (Å²) in [6, 6.07) is 8.10. The van der Waals surface area contributed by atoms with E-state index in [1.54, 1.807) is 0 Å². The number of nitrogens with one attached hydrogen (secondary N) is 1. The highest BCUT2D eigenvalue weighted by molar-refractivity contribution is 9.10. The van der Waals surface area contributed by atoms with Crippen LogP contribution in [0.2, 0.25) is 0 Å². The topological polar surface area (TPSA) is 18.5 Å². The average molecular weight is 352 g/mol. The molecule has 0 radical (unpaired) electrons. The van der Waals surface area contributed by atoms with Crippen LogP contribution in [0.1, 0.15) is 32.3 Å². The van der Waals surface area contributed by atoms with E-state index in [4.69, 9.17) is 0 Å². The van der Waals surface area contributed by atoms with Crippen LogP contribution in [-0.2, 0) is 6.54 Å². The number of anilines is 1. The summed E-state index contributed by atoms with van der Waals surface area (Å²) in [7, 11) is 0. The van der Waals surface area contributed by atoms with Gasteiger partial charge in [0.05, 0.1) is 0 Å². The molecule has 4 heteroatoms. The zero-order valence-corrected chi connectivity index (χ0v) is 14.7. The first kappa shape index (κ1) is 15.3. The molecule has 0 aromatic heterocycles. The number of rotatable bonds is 4. The third kappa shape index (κ3) is 3.27. The molecule has 1 N–H and O–H groups in total. The van der Waals surface area contributed by atoms with Crippen molar-refractivity contribution in [2.45, 2.75) is 45.3 Å². The van der Waals surface area contributed by atoms with Gasteiger partial charge in [-0.05, 0) is 56.6 Å². The van der Waals surface area contributed by atoms with Gasteiger partial charge < -0.3 is 10.2 Å². The van der Waals surface area contributed by atoms with E-state index in [2.05, 4.69) is 63.1 Å². The Morgan fingerprint density at radius 2 is 2.19 bits per heavy atom. The normalized spacial score (nSPS) is 26.1. The van der Waals surface area contributed by atoms with Gasteiger partial charge in [-0.3, -0.25) is 4.90 Å². The summed E-state index contributed by atoms with van der Waals surface area (Å²) in [6.45, 7) is 10.2. The molecule has 2 aliphatic heterocycles. The summed E-state index contributed by atoms with van der Waals surface area (Å²) in [4.78, 5) is 5.32. The average Bonchev–Trinajstić information content (AvgIpc) is 2.91. The largest absolute Gasteiger partial charge is 0.366 e. The van der Waals surface area contributed by atoms with Gasteiger partial charge in [0.1, 0.15) is 0 Å². The van der Waals surface area contributed by atoms with Crippen LogP contribution in [0.25, 0.3) is 0 Å². The third-order valence-electron chi connectivity index (χ3n) is 4.85. The minimum atomic E-state index is 0.598. The minimum Gasteiger partial charge on any atom is -0.366 e. The number of hydrogen-bond donors (Lipinski definition) is 1. The number of piperazine rings is 1. The number of nitrogens with zero attached hydrogens (tertiary/aromatic N) is 2. The summed E-state index contributed by atoms with van der Waals surface area (Å²) in [5.41, 5.74) is 2.82. The molecule has 2 fully saturated rings. The van der Waals surface area contributed by atoms with Gasteiger partial charge in [0.25, 0.3) is 0 Å². The van der Waals surface area contributed by atoms with E-state index in [0.717, 1.165) is 19.1 Å². The first-order valence-electron chi connectivity index (χ1n) is 8.19. The fourth-order valence-corrected chi connectivity index (χ4v) is 4.17. The van der Waals surface area contributed by atoms with Crippen LogP contribution < -0.4 is 10.2 Å². The van der Waals surface area contributed by atoms with Crippen molar-refractivity contribution in [1.29, 1.82) is 0 Å². The van der Waals surface area contributed by atoms with Crippen molar-refractivity contribution in [3.05, 3.63) is 28.2 Å². The number of halogens is 1. The first-order chi connectivity index (χ1) is 10.2. The van der Waals surface area contributed by atoms with Crippen LogP contribution in [0.4, 0.5) is 5.69 Å². The standard InChI is InChI=1S/C17H26BrN3/c1-3-19-10-14-9-15(18)6-7-17(14)21-12-16-5-4-8-20(16)11-13(21)2/h6-7,9,13,16,19H,3-5,8,10-12H2,1-2H3. The maximum absolute atomic E-state index is 3.62. The lowest BCUT2D eigenvalue weighted by molar-refractivity contribution is 0.203. The van der Waals surface area contributed by atoms with Gasteiger partial charge in [-0.15, -0.1) is 0 Å². The molecule has 0 bridgehead atoms. The van der Waals surface area contributed by atoms with E-state index >= 15 is 0 Å². The van der Waals surface area contributed by atoms with Gasteiger partial charge >= 0.3 is 0 Å². The Bertz CT molecular complexity index is 491. The van der Waals surface area contributed by atoms with Crippen LogP contribution in [0, 0.1) is 0 Å². The number of benzene rings is 1. The minimum absolute atomic E-state index is 0.598. The quantitative estimate of drug-likeness (QED) is 0.898. The lowest BCUT2D eigenvalue weighted by Gasteiger charge is -2.44. The molecule has 0 saturated carbocycles. The second-order valence-corrected chi connectivity index (χ2v) is 7.26. The predicted octanol–water partition coefficient (Wildman–Crippen LogP) is 3.23. The van der Waals surface area contributed by atoms with E-state index in [1.165, 1.54) is 48.2 Å². The Morgan fingerprint density at radius 3 is 3.00 bits per heavy atom. The molecule has 0 aliphatic carbocycles. The second kappa shape index (κ2) is 6.67. The van der Waals surface area contributed by atoms with Crippen molar-refractivity contribution in [3.63, 3.8) is 0 Å². The maximum atomic E-state index is 3.62. The molecule has 3 rings (SSSR count). The molecule has 21 heavy (non-hydrogen) atoms. The van der Waals surface area contributed by atoms with Crippen LogP contribution in [0.3, 0.4) is 0 Å². The van der Waals surface area contributed by atoms with Gasteiger partial charge in [0.15, 0.2) is 0 Å². The molecular weight excluding hydrogens is 326 g/mol. The highest BCUT2D eigenvalue weighted by atomic mass is 79.9. The van der Waals surface area contributed by atoms with E-state index in [9.17, 15) is 0 Å². The van der Waals surface area contributed by atoms with Crippen LogP contribution in [0.5, 0.6) is 0 Å². The van der Waals surface area contributed by atoms with Crippen molar-refractivity contribution < 1.29 is 0 Å². The lowest BCUT2D eigenvalue weighted by Crippen LogP contribution is -2.55. The SMILES string of the molecule is CCNCc1cc(Br)ccc1N1CC2CCCN2CC1C.